The molecular formula is C15H24ClN3. The fourth-order valence-corrected chi connectivity index (χ4v) is 2.74. The van der Waals surface area contributed by atoms with Gasteiger partial charge < -0.3 is 10.2 Å². The number of hydrogen-bond donors (Lipinski definition) is 1. The summed E-state index contributed by atoms with van der Waals surface area (Å²) < 4.78 is 0. The van der Waals surface area contributed by atoms with Crippen molar-refractivity contribution < 1.29 is 0 Å². The molecule has 3 nitrogen and oxygen atoms in total. The highest BCUT2D eigenvalue weighted by atomic mass is 35.5. The van der Waals surface area contributed by atoms with Crippen molar-refractivity contribution in [2.24, 2.45) is 11.8 Å². The Hall–Kier alpha value is -0.800. The van der Waals surface area contributed by atoms with Crippen molar-refractivity contribution in [2.75, 3.05) is 24.5 Å². The van der Waals surface area contributed by atoms with E-state index in [-0.39, 0.29) is 0 Å². The van der Waals surface area contributed by atoms with Gasteiger partial charge in [-0.1, -0.05) is 32.4 Å². The van der Waals surface area contributed by atoms with E-state index in [0.29, 0.717) is 5.92 Å². The van der Waals surface area contributed by atoms with E-state index in [1.165, 1.54) is 6.42 Å². The van der Waals surface area contributed by atoms with Gasteiger partial charge in [0.25, 0.3) is 0 Å². The van der Waals surface area contributed by atoms with E-state index in [2.05, 4.69) is 36.0 Å². The predicted molar refractivity (Wildman–Crippen MR) is 81.8 cm³/mol. The molecular weight excluding hydrogens is 258 g/mol. The number of hydrogen-bond acceptors (Lipinski definition) is 3. The van der Waals surface area contributed by atoms with Crippen LogP contribution in [0.4, 0.5) is 5.82 Å². The first-order chi connectivity index (χ1) is 9.06. The Morgan fingerprint density at radius 3 is 2.89 bits per heavy atom. The van der Waals surface area contributed by atoms with Crippen LogP contribution in [0.3, 0.4) is 0 Å². The van der Waals surface area contributed by atoms with Gasteiger partial charge in [0.15, 0.2) is 0 Å². The minimum absolute atomic E-state index is 0.661. The first kappa shape index (κ1) is 14.6. The zero-order valence-corrected chi connectivity index (χ0v) is 12.9. The van der Waals surface area contributed by atoms with Crippen molar-refractivity contribution in [3.8, 4) is 0 Å². The third kappa shape index (κ3) is 4.08. The lowest BCUT2D eigenvalue weighted by atomic mass is 10.2. The molecule has 1 aromatic heterocycles. The van der Waals surface area contributed by atoms with Gasteiger partial charge in [-0.2, -0.15) is 0 Å². The zero-order valence-electron chi connectivity index (χ0n) is 12.1. The van der Waals surface area contributed by atoms with Crippen LogP contribution in [-0.2, 0) is 6.54 Å². The minimum atomic E-state index is 0.661. The Balaban J connectivity index is 1.97. The molecule has 1 aliphatic rings. The van der Waals surface area contributed by atoms with Gasteiger partial charge in [-0.05, 0) is 36.4 Å². The SMILES string of the molecule is CC(C)CNCc1cnc(N2CCC(C)C2)c(Cl)c1. The second kappa shape index (κ2) is 6.58. The normalized spacial score (nSPS) is 19.4. The van der Waals surface area contributed by atoms with Gasteiger partial charge in [-0.15, -0.1) is 0 Å². The van der Waals surface area contributed by atoms with Crippen LogP contribution in [0.5, 0.6) is 0 Å². The van der Waals surface area contributed by atoms with E-state index >= 15 is 0 Å². The molecule has 0 saturated carbocycles. The largest absolute Gasteiger partial charge is 0.355 e. The van der Waals surface area contributed by atoms with Gasteiger partial charge in [0.05, 0.1) is 5.02 Å². The molecule has 1 unspecified atom stereocenters. The molecule has 4 heteroatoms. The first-order valence-corrected chi connectivity index (χ1v) is 7.54. The summed E-state index contributed by atoms with van der Waals surface area (Å²) in [5, 5.41) is 4.19. The second-order valence-electron chi connectivity index (χ2n) is 6.01. The molecule has 0 amide bonds. The molecule has 0 bridgehead atoms. The van der Waals surface area contributed by atoms with Crippen LogP contribution in [-0.4, -0.2) is 24.6 Å². The Kier molecular flexibility index (Phi) is 5.06. The van der Waals surface area contributed by atoms with E-state index < -0.39 is 0 Å². The van der Waals surface area contributed by atoms with Crippen molar-refractivity contribution in [1.82, 2.24) is 10.3 Å². The van der Waals surface area contributed by atoms with Crippen molar-refractivity contribution in [2.45, 2.75) is 33.7 Å². The van der Waals surface area contributed by atoms with Crippen molar-refractivity contribution >= 4 is 17.4 Å². The summed E-state index contributed by atoms with van der Waals surface area (Å²) in [7, 11) is 0. The van der Waals surface area contributed by atoms with Gasteiger partial charge in [0.1, 0.15) is 5.82 Å². The maximum atomic E-state index is 6.37. The lowest BCUT2D eigenvalue weighted by Gasteiger charge is -2.18. The quantitative estimate of drug-likeness (QED) is 0.897. The summed E-state index contributed by atoms with van der Waals surface area (Å²) in [5.41, 5.74) is 1.15. The van der Waals surface area contributed by atoms with Crippen molar-refractivity contribution in [3.63, 3.8) is 0 Å². The van der Waals surface area contributed by atoms with Gasteiger partial charge >= 0.3 is 0 Å². The van der Waals surface area contributed by atoms with Crippen LogP contribution in [0, 0.1) is 11.8 Å². The number of nitrogens with one attached hydrogen (secondary N) is 1. The molecule has 0 aliphatic carbocycles. The maximum absolute atomic E-state index is 6.37. The highest BCUT2D eigenvalue weighted by Gasteiger charge is 2.21. The van der Waals surface area contributed by atoms with Crippen LogP contribution in [0.25, 0.3) is 0 Å². The Morgan fingerprint density at radius 2 is 2.32 bits per heavy atom. The molecule has 0 aromatic carbocycles. The summed E-state index contributed by atoms with van der Waals surface area (Å²) >= 11 is 6.37. The lowest BCUT2D eigenvalue weighted by Crippen LogP contribution is -2.22. The number of pyridine rings is 1. The first-order valence-electron chi connectivity index (χ1n) is 7.16. The molecule has 1 aromatic rings. The fourth-order valence-electron chi connectivity index (χ4n) is 2.43. The highest BCUT2D eigenvalue weighted by Crippen LogP contribution is 2.28. The van der Waals surface area contributed by atoms with Crippen LogP contribution in [0.15, 0.2) is 12.3 Å². The molecule has 0 spiro atoms. The van der Waals surface area contributed by atoms with Gasteiger partial charge in [0.2, 0.25) is 0 Å². The van der Waals surface area contributed by atoms with Gasteiger partial charge in [0, 0.05) is 25.8 Å². The van der Waals surface area contributed by atoms with E-state index in [9.17, 15) is 0 Å². The van der Waals surface area contributed by atoms with E-state index in [1.807, 2.05) is 12.3 Å². The summed E-state index contributed by atoms with van der Waals surface area (Å²) in [5.74, 6) is 2.35. The lowest BCUT2D eigenvalue weighted by molar-refractivity contribution is 0.552. The predicted octanol–water partition coefficient (Wildman–Crippen LogP) is 3.33. The Labute approximate surface area is 121 Å². The highest BCUT2D eigenvalue weighted by molar-refractivity contribution is 6.33. The minimum Gasteiger partial charge on any atom is -0.355 e. The smallest absolute Gasteiger partial charge is 0.147 e. The summed E-state index contributed by atoms with van der Waals surface area (Å²) in [4.78, 5) is 6.84. The molecule has 1 fully saturated rings. The average Bonchev–Trinajstić information content (AvgIpc) is 2.75. The Bertz CT molecular complexity index is 420. The number of rotatable bonds is 5. The zero-order chi connectivity index (χ0) is 13.8. The second-order valence-corrected chi connectivity index (χ2v) is 6.42. The van der Waals surface area contributed by atoms with Crippen molar-refractivity contribution in [3.05, 3.63) is 22.8 Å². The maximum Gasteiger partial charge on any atom is 0.147 e. The number of anilines is 1. The molecule has 2 heterocycles. The van der Waals surface area contributed by atoms with Crippen LogP contribution >= 0.6 is 11.6 Å². The monoisotopic (exact) mass is 281 g/mol. The Morgan fingerprint density at radius 1 is 1.53 bits per heavy atom. The summed E-state index contributed by atoms with van der Waals surface area (Å²) in [6, 6.07) is 2.04. The molecule has 0 radical (unpaired) electrons. The molecule has 1 N–H and O–H groups in total. The van der Waals surface area contributed by atoms with Gasteiger partial charge in [-0.25, -0.2) is 4.98 Å². The molecule has 2 rings (SSSR count). The number of aromatic nitrogens is 1. The van der Waals surface area contributed by atoms with Crippen LogP contribution < -0.4 is 10.2 Å². The van der Waals surface area contributed by atoms with E-state index in [4.69, 9.17) is 11.6 Å². The molecule has 106 valence electrons. The summed E-state index contributed by atoms with van der Waals surface area (Å²) in [6.45, 7) is 10.7. The average molecular weight is 282 g/mol. The van der Waals surface area contributed by atoms with E-state index in [1.54, 1.807) is 0 Å². The fraction of sp³-hybridized carbons (Fsp3) is 0.667. The van der Waals surface area contributed by atoms with Crippen LogP contribution in [0.1, 0.15) is 32.8 Å². The number of halogens is 1. The van der Waals surface area contributed by atoms with E-state index in [0.717, 1.165) is 48.5 Å². The van der Waals surface area contributed by atoms with Crippen LogP contribution in [0.2, 0.25) is 5.02 Å². The molecule has 1 aliphatic heterocycles. The molecule has 1 saturated heterocycles. The standard InChI is InChI=1S/C15H24ClN3/c1-11(2)7-17-8-13-6-14(16)15(18-9-13)19-5-4-12(3)10-19/h6,9,11-12,17H,4-5,7-8,10H2,1-3H3. The summed E-state index contributed by atoms with van der Waals surface area (Å²) in [6.07, 6.45) is 3.17. The molecule has 1 atom stereocenters. The number of nitrogens with zero attached hydrogens (tertiary/aromatic N) is 2. The van der Waals surface area contributed by atoms with Crippen molar-refractivity contribution in [1.29, 1.82) is 0 Å². The van der Waals surface area contributed by atoms with Gasteiger partial charge in [-0.3, -0.25) is 0 Å². The topological polar surface area (TPSA) is 28.2 Å². The third-order valence-electron chi connectivity index (χ3n) is 3.48. The molecule has 19 heavy (non-hydrogen) atoms. The third-order valence-corrected chi connectivity index (χ3v) is 3.76.